The molecule has 0 saturated carbocycles. The van der Waals surface area contributed by atoms with Gasteiger partial charge in [0.2, 0.25) is 5.96 Å². The van der Waals surface area contributed by atoms with Gasteiger partial charge in [-0.05, 0) is 24.1 Å². The van der Waals surface area contributed by atoms with Crippen LogP contribution in [-0.4, -0.2) is 32.6 Å². The van der Waals surface area contributed by atoms with Gasteiger partial charge in [0.25, 0.3) is 0 Å². The fourth-order valence-electron chi connectivity index (χ4n) is 1.43. The second-order valence-corrected chi connectivity index (χ2v) is 4.09. The summed E-state index contributed by atoms with van der Waals surface area (Å²) in [6, 6.07) is 8.28. The molecule has 0 bridgehead atoms. The summed E-state index contributed by atoms with van der Waals surface area (Å²) < 4.78 is 0. The zero-order valence-electron chi connectivity index (χ0n) is 11.2. The Morgan fingerprint density at radius 3 is 2.16 bits per heavy atom. The molecule has 0 spiro atoms. The van der Waals surface area contributed by atoms with Crippen LogP contribution in [0.4, 0.5) is 5.69 Å². The third-order valence-electron chi connectivity index (χ3n) is 2.37. The zero-order valence-corrected chi connectivity index (χ0v) is 12.0. The van der Waals surface area contributed by atoms with Gasteiger partial charge in [-0.25, -0.2) is 0 Å². The number of aliphatic imine (C=N–C) groups is 2. The molecule has 0 amide bonds. The van der Waals surface area contributed by atoms with E-state index in [9.17, 15) is 0 Å². The Hall–Kier alpha value is -1.95. The van der Waals surface area contributed by atoms with Gasteiger partial charge in [0.1, 0.15) is 0 Å². The summed E-state index contributed by atoms with van der Waals surface area (Å²) in [4.78, 5) is 9.75. The fraction of sp³-hybridized carbons (Fsp3) is 0.333. The highest BCUT2D eigenvalue weighted by Crippen LogP contribution is 2.12. The van der Waals surface area contributed by atoms with E-state index >= 15 is 0 Å². The summed E-state index contributed by atoms with van der Waals surface area (Å²) in [7, 11) is 4.02. The Morgan fingerprint density at radius 1 is 1.11 bits per heavy atom. The average Bonchev–Trinajstić information content (AvgIpc) is 2.28. The minimum atomic E-state index is -0.0772. The molecular formula is C12H21ClN6. The molecule has 7 heteroatoms. The Morgan fingerprint density at radius 2 is 1.68 bits per heavy atom. The number of nitrogens with two attached hydrogens (primary N) is 3. The molecule has 0 atom stereocenters. The first-order valence-corrected chi connectivity index (χ1v) is 5.65. The molecule has 0 unspecified atom stereocenters. The number of nitrogens with zero attached hydrogens (tertiary/aromatic N) is 3. The van der Waals surface area contributed by atoms with Gasteiger partial charge in [-0.3, -0.25) is 4.99 Å². The van der Waals surface area contributed by atoms with Crippen LogP contribution in [0, 0.1) is 0 Å². The summed E-state index contributed by atoms with van der Waals surface area (Å²) in [5, 5.41) is 0. The molecule has 106 valence electrons. The van der Waals surface area contributed by atoms with Crippen LogP contribution in [0.25, 0.3) is 0 Å². The normalized spacial score (nSPS) is 10.5. The molecule has 19 heavy (non-hydrogen) atoms. The van der Waals surface area contributed by atoms with Crippen molar-refractivity contribution < 1.29 is 0 Å². The third kappa shape index (κ3) is 6.52. The van der Waals surface area contributed by atoms with Crippen LogP contribution >= 0.6 is 12.4 Å². The van der Waals surface area contributed by atoms with Crippen LogP contribution in [0.1, 0.15) is 5.56 Å². The number of hydrogen-bond donors (Lipinski definition) is 3. The predicted octanol–water partition coefficient (Wildman–Crippen LogP) is 0.305. The van der Waals surface area contributed by atoms with Crippen LogP contribution in [0.3, 0.4) is 0 Å². The van der Waals surface area contributed by atoms with Gasteiger partial charge in [-0.15, -0.1) is 12.4 Å². The highest BCUT2D eigenvalue weighted by atomic mass is 35.5. The average molecular weight is 285 g/mol. The first kappa shape index (κ1) is 17.1. The molecule has 0 aromatic heterocycles. The summed E-state index contributed by atoms with van der Waals surface area (Å²) in [5.74, 6) is 0.0338. The van der Waals surface area contributed by atoms with Crippen molar-refractivity contribution >= 4 is 30.0 Å². The van der Waals surface area contributed by atoms with E-state index in [-0.39, 0.29) is 24.3 Å². The Kier molecular flexibility index (Phi) is 7.36. The van der Waals surface area contributed by atoms with Gasteiger partial charge in [0.05, 0.1) is 0 Å². The van der Waals surface area contributed by atoms with Gasteiger partial charge in [-0.2, -0.15) is 4.99 Å². The van der Waals surface area contributed by atoms with Gasteiger partial charge in [-0.1, -0.05) is 12.1 Å². The van der Waals surface area contributed by atoms with E-state index in [1.807, 2.05) is 14.1 Å². The zero-order chi connectivity index (χ0) is 13.5. The lowest BCUT2D eigenvalue weighted by Gasteiger charge is -2.12. The largest absolute Gasteiger partial charge is 0.378 e. The van der Waals surface area contributed by atoms with Crippen molar-refractivity contribution in [2.24, 2.45) is 27.2 Å². The van der Waals surface area contributed by atoms with Crippen molar-refractivity contribution in [2.75, 3.05) is 25.5 Å². The molecule has 0 aliphatic rings. The van der Waals surface area contributed by atoms with E-state index in [4.69, 9.17) is 17.2 Å². The molecule has 6 N–H and O–H groups in total. The number of rotatable bonds is 4. The maximum absolute atomic E-state index is 5.50. The second kappa shape index (κ2) is 8.20. The van der Waals surface area contributed by atoms with Crippen molar-refractivity contribution in [3.8, 4) is 0 Å². The highest BCUT2D eigenvalue weighted by Gasteiger charge is 1.96. The summed E-state index contributed by atoms with van der Waals surface area (Å²) >= 11 is 0. The van der Waals surface area contributed by atoms with Gasteiger partial charge >= 0.3 is 0 Å². The first-order valence-electron chi connectivity index (χ1n) is 5.65. The third-order valence-corrected chi connectivity index (χ3v) is 2.37. The Bertz CT molecular complexity index is 434. The first-order chi connectivity index (χ1) is 8.49. The molecule has 0 saturated heterocycles. The van der Waals surface area contributed by atoms with E-state index in [0.29, 0.717) is 6.54 Å². The summed E-state index contributed by atoms with van der Waals surface area (Å²) in [6.07, 6.45) is 0.800. The van der Waals surface area contributed by atoms with Crippen LogP contribution in [-0.2, 0) is 6.42 Å². The van der Waals surface area contributed by atoms with Crippen molar-refractivity contribution in [1.29, 1.82) is 0 Å². The molecule has 0 aliphatic carbocycles. The molecule has 0 radical (unpaired) electrons. The van der Waals surface area contributed by atoms with E-state index < -0.39 is 0 Å². The topological polar surface area (TPSA) is 106 Å². The van der Waals surface area contributed by atoms with E-state index in [1.54, 1.807) is 0 Å². The van der Waals surface area contributed by atoms with Crippen LogP contribution < -0.4 is 22.1 Å². The molecule has 0 aliphatic heterocycles. The standard InChI is InChI=1S/C12H20N6.ClH/c1-18(2)10-5-3-9(4-6-10)7-8-16-12(15)17-11(13)14;/h3-6H,7-8H2,1-2H3,(H6,13,14,15,16,17);1H. The quantitative estimate of drug-likeness (QED) is 0.546. The van der Waals surface area contributed by atoms with Crippen LogP contribution in [0.5, 0.6) is 0 Å². The summed E-state index contributed by atoms with van der Waals surface area (Å²) in [5.41, 5.74) is 18.2. The lowest BCUT2D eigenvalue weighted by molar-refractivity contribution is 0.961. The number of halogens is 1. The molecular weight excluding hydrogens is 264 g/mol. The predicted molar refractivity (Wildman–Crippen MR) is 84.0 cm³/mol. The molecule has 1 rings (SSSR count). The molecule has 6 nitrogen and oxygen atoms in total. The Labute approximate surface area is 119 Å². The number of hydrogen-bond acceptors (Lipinski definition) is 2. The minimum absolute atomic E-state index is 0. The second-order valence-electron chi connectivity index (χ2n) is 4.09. The van der Waals surface area contributed by atoms with Crippen LogP contribution in [0.15, 0.2) is 34.3 Å². The lowest BCUT2D eigenvalue weighted by Crippen LogP contribution is -2.26. The molecule has 1 aromatic carbocycles. The van der Waals surface area contributed by atoms with Gasteiger partial charge in [0.15, 0.2) is 5.96 Å². The molecule has 1 aromatic rings. The van der Waals surface area contributed by atoms with Crippen LogP contribution in [0.2, 0.25) is 0 Å². The van der Waals surface area contributed by atoms with Gasteiger partial charge in [0, 0.05) is 26.3 Å². The minimum Gasteiger partial charge on any atom is -0.378 e. The van der Waals surface area contributed by atoms with Crippen molar-refractivity contribution in [1.82, 2.24) is 0 Å². The van der Waals surface area contributed by atoms with E-state index in [2.05, 4.69) is 39.2 Å². The lowest BCUT2D eigenvalue weighted by atomic mass is 10.1. The van der Waals surface area contributed by atoms with Gasteiger partial charge < -0.3 is 22.1 Å². The monoisotopic (exact) mass is 284 g/mol. The van der Waals surface area contributed by atoms with Crippen molar-refractivity contribution in [3.05, 3.63) is 29.8 Å². The van der Waals surface area contributed by atoms with Crippen molar-refractivity contribution in [3.63, 3.8) is 0 Å². The maximum atomic E-state index is 5.50. The molecule has 0 fully saturated rings. The number of guanidine groups is 2. The summed E-state index contributed by atoms with van der Waals surface area (Å²) in [6.45, 7) is 0.559. The molecule has 0 heterocycles. The fourth-order valence-corrected chi connectivity index (χ4v) is 1.43. The highest BCUT2D eigenvalue weighted by molar-refractivity contribution is 5.92. The van der Waals surface area contributed by atoms with Crippen molar-refractivity contribution in [2.45, 2.75) is 6.42 Å². The Balaban J connectivity index is 0.00000324. The smallest absolute Gasteiger partial charge is 0.218 e. The maximum Gasteiger partial charge on any atom is 0.218 e. The number of benzene rings is 1. The number of anilines is 1. The van der Waals surface area contributed by atoms with E-state index in [0.717, 1.165) is 6.42 Å². The van der Waals surface area contributed by atoms with E-state index in [1.165, 1.54) is 11.3 Å². The SMILES string of the molecule is CN(C)c1ccc(CCN=C(N)N=C(N)N)cc1.Cl.